The summed E-state index contributed by atoms with van der Waals surface area (Å²) in [6.45, 7) is 1.84. The quantitative estimate of drug-likeness (QED) is 0.847. The number of nitrogens with one attached hydrogen (secondary N) is 1. The third-order valence-corrected chi connectivity index (χ3v) is 2.14. The molecule has 17 heavy (non-hydrogen) atoms. The van der Waals surface area contributed by atoms with E-state index < -0.39 is 23.8 Å². The van der Waals surface area contributed by atoms with Crippen molar-refractivity contribution >= 4 is 6.09 Å². The summed E-state index contributed by atoms with van der Waals surface area (Å²) >= 11 is 0. The van der Waals surface area contributed by atoms with Crippen molar-refractivity contribution in [2.24, 2.45) is 5.73 Å². The lowest BCUT2D eigenvalue weighted by molar-refractivity contribution is 0.148. The summed E-state index contributed by atoms with van der Waals surface area (Å²) in [5.41, 5.74) is 5.55. The van der Waals surface area contributed by atoms with Crippen molar-refractivity contribution in [2.45, 2.75) is 13.0 Å². The second-order valence-electron chi connectivity index (χ2n) is 3.32. The van der Waals surface area contributed by atoms with Crippen LogP contribution in [0.5, 0.6) is 0 Å². The fourth-order valence-corrected chi connectivity index (χ4v) is 1.36. The molecule has 1 aromatic rings. The van der Waals surface area contributed by atoms with Crippen molar-refractivity contribution in [3.05, 3.63) is 35.4 Å². The van der Waals surface area contributed by atoms with Crippen LogP contribution in [0.3, 0.4) is 0 Å². The number of benzene rings is 1. The maximum atomic E-state index is 13.4. The highest BCUT2D eigenvalue weighted by Gasteiger charge is 2.17. The average molecular weight is 244 g/mol. The molecule has 0 fully saturated rings. The van der Waals surface area contributed by atoms with Crippen LogP contribution in [0, 0.1) is 11.6 Å². The van der Waals surface area contributed by atoms with E-state index in [9.17, 15) is 13.6 Å². The van der Waals surface area contributed by atoms with Gasteiger partial charge in [0.2, 0.25) is 0 Å². The van der Waals surface area contributed by atoms with Crippen LogP contribution in [0.2, 0.25) is 0 Å². The van der Waals surface area contributed by atoms with E-state index >= 15 is 0 Å². The molecule has 3 N–H and O–H groups in total. The first kappa shape index (κ1) is 13.4. The van der Waals surface area contributed by atoms with E-state index in [-0.39, 0.29) is 18.7 Å². The van der Waals surface area contributed by atoms with E-state index in [0.717, 1.165) is 12.1 Å². The Balaban J connectivity index is 2.82. The van der Waals surface area contributed by atoms with Gasteiger partial charge in [0.1, 0.15) is 11.6 Å². The Hall–Kier alpha value is -1.69. The zero-order valence-electron chi connectivity index (χ0n) is 9.37. The molecule has 0 aliphatic heterocycles. The Bertz CT molecular complexity index is 399. The number of hydrogen-bond donors (Lipinski definition) is 2. The first-order valence-corrected chi connectivity index (χ1v) is 5.16. The largest absolute Gasteiger partial charge is 0.450 e. The molecule has 0 radical (unpaired) electrons. The molecule has 0 aliphatic rings. The molecule has 1 amide bonds. The first-order valence-electron chi connectivity index (χ1n) is 5.16. The molecular weight excluding hydrogens is 230 g/mol. The van der Waals surface area contributed by atoms with E-state index in [1.54, 1.807) is 6.92 Å². The lowest BCUT2D eigenvalue weighted by Gasteiger charge is -2.17. The SMILES string of the molecule is CCOC(=O)NC(CN)c1ccc(F)cc1F. The summed E-state index contributed by atoms with van der Waals surface area (Å²) in [4.78, 5) is 11.2. The predicted molar refractivity (Wildman–Crippen MR) is 58.3 cm³/mol. The molecule has 94 valence electrons. The zero-order chi connectivity index (χ0) is 12.8. The van der Waals surface area contributed by atoms with Crippen molar-refractivity contribution in [2.75, 3.05) is 13.2 Å². The zero-order valence-corrected chi connectivity index (χ0v) is 9.37. The molecule has 0 spiro atoms. The van der Waals surface area contributed by atoms with Crippen molar-refractivity contribution in [3.63, 3.8) is 0 Å². The number of alkyl carbamates (subject to hydrolysis) is 1. The van der Waals surface area contributed by atoms with Crippen molar-refractivity contribution in [1.82, 2.24) is 5.32 Å². The van der Waals surface area contributed by atoms with Crippen LogP contribution in [0.1, 0.15) is 18.5 Å². The van der Waals surface area contributed by atoms with Crippen molar-refractivity contribution in [1.29, 1.82) is 0 Å². The van der Waals surface area contributed by atoms with Crippen LogP contribution in [-0.4, -0.2) is 19.2 Å². The minimum atomic E-state index is -0.753. The third-order valence-electron chi connectivity index (χ3n) is 2.14. The molecule has 1 unspecified atom stereocenters. The second kappa shape index (κ2) is 6.15. The Labute approximate surface area is 97.8 Å². The molecule has 4 nitrogen and oxygen atoms in total. The molecule has 0 saturated carbocycles. The number of carbonyl (C=O) groups is 1. The van der Waals surface area contributed by atoms with Gasteiger partial charge < -0.3 is 15.8 Å². The number of carbonyl (C=O) groups excluding carboxylic acids is 1. The molecular formula is C11H14F2N2O2. The molecule has 0 bridgehead atoms. The van der Waals surface area contributed by atoms with Gasteiger partial charge in [-0.15, -0.1) is 0 Å². The minimum absolute atomic E-state index is 0.0125. The lowest BCUT2D eigenvalue weighted by Crippen LogP contribution is -2.34. The average Bonchev–Trinajstić information content (AvgIpc) is 2.27. The Morgan fingerprint density at radius 2 is 2.24 bits per heavy atom. The van der Waals surface area contributed by atoms with Crippen LogP contribution in [0.4, 0.5) is 13.6 Å². The van der Waals surface area contributed by atoms with Gasteiger partial charge in [-0.2, -0.15) is 0 Å². The molecule has 0 saturated heterocycles. The van der Waals surface area contributed by atoms with Crippen LogP contribution < -0.4 is 11.1 Å². The highest BCUT2D eigenvalue weighted by atomic mass is 19.1. The van der Waals surface area contributed by atoms with Gasteiger partial charge in [0.15, 0.2) is 0 Å². The van der Waals surface area contributed by atoms with Crippen LogP contribution in [-0.2, 0) is 4.74 Å². The molecule has 1 atom stereocenters. The summed E-state index contributed by atoms with van der Waals surface area (Å²) in [6.07, 6.45) is -0.688. The molecule has 6 heteroatoms. The van der Waals surface area contributed by atoms with Crippen molar-refractivity contribution < 1.29 is 18.3 Å². The van der Waals surface area contributed by atoms with Crippen LogP contribution in [0.25, 0.3) is 0 Å². The summed E-state index contributed by atoms with van der Waals surface area (Å²) in [7, 11) is 0. The van der Waals surface area contributed by atoms with Gasteiger partial charge in [-0.3, -0.25) is 0 Å². The summed E-state index contributed by atoms with van der Waals surface area (Å²) in [5, 5.41) is 2.40. The van der Waals surface area contributed by atoms with E-state index in [4.69, 9.17) is 5.73 Å². The Kier molecular flexibility index (Phi) is 4.84. The van der Waals surface area contributed by atoms with Gasteiger partial charge in [0, 0.05) is 18.2 Å². The van der Waals surface area contributed by atoms with Gasteiger partial charge in [-0.25, -0.2) is 13.6 Å². The van der Waals surface area contributed by atoms with Gasteiger partial charge in [0.25, 0.3) is 0 Å². The molecule has 1 aromatic carbocycles. The van der Waals surface area contributed by atoms with Gasteiger partial charge in [-0.05, 0) is 13.0 Å². The number of halogens is 2. The van der Waals surface area contributed by atoms with Gasteiger partial charge in [-0.1, -0.05) is 6.07 Å². The maximum Gasteiger partial charge on any atom is 0.407 e. The molecule has 1 rings (SSSR count). The molecule has 0 aromatic heterocycles. The second-order valence-corrected chi connectivity index (χ2v) is 3.32. The first-order chi connectivity index (χ1) is 8.08. The number of ether oxygens (including phenoxy) is 1. The standard InChI is InChI=1S/C11H14F2N2O2/c1-2-17-11(16)15-10(6-14)8-4-3-7(12)5-9(8)13/h3-5,10H,2,6,14H2,1H3,(H,15,16). The highest BCUT2D eigenvalue weighted by molar-refractivity contribution is 5.67. The Morgan fingerprint density at radius 1 is 1.53 bits per heavy atom. The number of hydrogen-bond acceptors (Lipinski definition) is 3. The van der Waals surface area contributed by atoms with Crippen molar-refractivity contribution in [3.8, 4) is 0 Å². The van der Waals surface area contributed by atoms with E-state index in [1.807, 2.05) is 0 Å². The summed E-state index contributed by atoms with van der Waals surface area (Å²) in [5.74, 6) is -1.43. The predicted octanol–water partition coefficient (Wildman–Crippen LogP) is 1.71. The Morgan fingerprint density at radius 3 is 2.76 bits per heavy atom. The highest BCUT2D eigenvalue weighted by Crippen LogP contribution is 2.17. The minimum Gasteiger partial charge on any atom is -0.450 e. The van der Waals surface area contributed by atoms with Gasteiger partial charge in [0.05, 0.1) is 12.6 Å². The van der Waals surface area contributed by atoms with E-state index in [0.29, 0.717) is 0 Å². The molecule has 0 aliphatic carbocycles. The van der Waals surface area contributed by atoms with Gasteiger partial charge >= 0.3 is 6.09 Å². The summed E-state index contributed by atoms with van der Waals surface area (Å²) < 4.78 is 30.8. The topological polar surface area (TPSA) is 64.3 Å². The van der Waals surface area contributed by atoms with Crippen LogP contribution in [0.15, 0.2) is 18.2 Å². The fraction of sp³-hybridized carbons (Fsp3) is 0.364. The number of nitrogens with two attached hydrogens (primary N) is 1. The van der Waals surface area contributed by atoms with Crippen LogP contribution >= 0.6 is 0 Å². The van der Waals surface area contributed by atoms with E-state index in [2.05, 4.69) is 10.1 Å². The fourth-order valence-electron chi connectivity index (χ4n) is 1.36. The molecule has 0 heterocycles. The smallest absolute Gasteiger partial charge is 0.407 e. The third kappa shape index (κ3) is 3.67. The van der Waals surface area contributed by atoms with E-state index in [1.165, 1.54) is 6.07 Å². The maximum absolute atomic E-state index is 13.4. The normalized spacial score (nSPS) is 12.0. The lowest BCUT2D eigenvalue weighted by atomic mass is 10.1. The number of amides is 1. The monoisotopic (exact) mass is 244 g/mol. The summed E-state index contributed by atoms with van der Waals surface area (Å²) in [6, 6.07) is 2.35. The number of rotatable bonds is 4.